The Hall–Kier alpha value is -2.77. The summed E-state index contributed by atoms with van der Waals surface area (Å²) >= 11 is 0. The Morgan fingerprint density at radius 2 is 1.68 bits per heavy atom. The zero-order chi connectivity index (χ0) is 21.3. The Bertz CT molecular complexity index is 687. The highest BCUT2D eigenvalue weighted by atomic mass is 16.5. The van der Waals surface area contributed by atoms with Gasteiger partial charge >= 0.3 is 5.97 Å². The van der Waals surface area contributed by atoms with E-state index < -0.39 is 17.9 Å². The molecule has 8 heteroatoms. The molecule has 0 bridgehead atoms. The van der Waals surface area contributed by atoms with E-state index in [1.54, 1.807) is 6.07 Å². The lowest BCUT2D eigenvalue weighted by atomic mass is 10.0. The number of carbonyl (C=O) groups excluding carboxylic acids is 3. The molecule has 1 aromatic carbocycles. The smallest absolute Gasteiger partial charge is 0.328 e. The van der Waals surface area contributed by atoms with Crippen molar-refractivity contribution in [2.24, 2.45) is 5.92 Å². The van der Waals surface area contributed by atoms with Crippen molar-refractivity contribution >= 4 is 17.8 Å². The van der Waals surface area contributed by atoms with Gasteiger partial charge in [-0.1, -0.05) is 13.8 Å². The molecule has 0 radical (unpaired) electrons. The van der Waals surface area contributed by atoms with Crippen LogP contribution in [0.2, 0.25) is 0 Å². The molecular weight excluding hydrogens is 364 g/mol. The molecule has 0 heterocycles. The van der Waals surface area contributed by atoms with Gasteiger partial charge in [-0.25, -0.2) is 4.79 Å². The normalized spacial score (nSPS) is 11.7. The van der Waals surface area contributed by atoms with Crippen LogP contribution in [0.25, 0.3) is 0 Å². The number of hydrogen-bond donors (Lipinski definition) is 2. The third-order valence-electron chi connectivity index (χ3n) is 3.73. The van der Waals surface area contributed by atoms with Crippen molar-refractivity contribution in [3.8, 4) is 11.5 Å². The molecule has 8 nitrogen and oxygen atoms in total. The van der Waals surface area contributed by atoms with Crippen molar-refractivity contribution in [1.82, 2.24) is 10.6 Å². The third-order valence-corrected chi connectivity index (χ3v) is 3.73. The number of rotatable bonds is 10. The topological polar surface area (TPSA) is 103 Å². The second-order valence-electron chi connectivity index (χ2n) is 7.06. The lowest BCUT2D eigenvalue weighted by Gasteiger charge is -2.19. The van der Waals surface area contributed by atoms with Gasteiger partial charge in [-0.2, -0.15) is 0 Å². The first kappa shape index (κ1) is 23.3. The van der Waals surface area contributed by atoms with E-state index in [4.69, 9.17) is 14.2 Å². The van der Waals surface area contributed by atoms with Gasteiger partial charge in [0.1, 0.15) is 6.04 Å². The van der Waals surface area contributed by atoms with E-state index in [-0.39, 0.29) is 24.5 Å². The minimum Gasteiger partial charge on any atom is -0.493 e. The summed E-state index contributed by atoms with van der Waals surface area (Å²) < 4.78 is 15.5. The molecule has 1 unspecified atom stereocenters. The summed E-state index contributed by atoms with van der Waals surface area (Å²) in [5.74, 6) is -0.336. The van der Waals surface area contributed by atoms with E-state index in [1.165, 1.54) is 26.4 Å². The highest BCUT2D eigenvalue weighted by molar-refractivity contribution is 5.97. The van der Waals surface area contributed by atoms with Crippen molar-refractivity contribution in [3.05, 3.63) is 23.8 Å². The van der Waals surface area contributed by atoms with Gasteiger partial charge < -0.3 is 24.8 Å². The van der Waals surface area contributed by atoms with Crippen LogP contribution in [-0.4, -0.2) is 50.7 Å². The van der Waals surface area contributed by atoms with Gasteiger partial charge in [-0.3, -0.25) is 9.59 Å². The minimum absolute atomic E-state index is 0.0117. The van der Waals surface area contributed by atoms with E-state index in [1.807, 2.05) is 27.7 Å². The van der Waals surface area contributed by atoms with Gasteiger partial charge in [0.25, 0.3) is 11.8 Å². The van der Waals surface area contributed by atoms with Gasteiger partial charge in [0.15, 0.2) is 18.1 Å². The Morgan fingerprint density at radius 3 is 2.21 bits per heavy atom. The van der Waals surface area contributed by atoms with Gasteiger partial charge in [0, 0.05) is 11.6 Å². The SMILES string of the molecule is COC(=O)C(CC(C)C)NC(=O)c1ccc(OCC(=O)NC(C)C)c(OC)c1. The lowest BCUT2D eigenvalue weighted by Crippen LogP contribution is -2.42. The summed E-state index contributed by atoms with van der Waals surface area (Å²) in [5, 5.41) is 5.40. The van der Waals surface area contributed by atoms with Gasteiger partial charge in [0.2, 0.25) is 0 Å². The predicted octanol–water partition coefficient (Wildman–Crippen LogP) is 1.92. The zero-order valence-electron chi connectivity index (χ0n) is 17.3. The number of ether oxygens (including phenoxy) is 3. The maximum atomic E-state index is 12.5. The molecule has 2 amide bonds. The van der Waals surface area contributed by atoms with Crippen LogP contribution in [0.5, 0.6) is 11.5 Å². The molecule has 0 saturated heterocycles. The predicted molar refractivity (Wildman–Crippen MR) is 104 cm³/mol. The van der Waals surface area contributed by atoms with Crippen LogP contribution in [0, 0.1) is 5.92 Å². The average Bonchev–Trinajstić information content (AvgIpc) is 2.63. The first-order valence-electron chi connectivity index (χ1n) is 9.16. The minimum atomic E-state index is -0.737. The maximum Gasteiger partial charge on any atom is 0.328 e. The summed E-state index contributed by atoms with van der Waals surface area (Å²) in [6.07, 6.45) is 0.460. The zero-order valence-corrected chi connectivity index (χ0v) is 17.3. The van der Waals surface area contributed by atoms with E-state index >= 15 is 0 Å². The monoisotopic (exact) mass is 394 g/mol. The third kappa shape index (κ3) is 7.46. The maximum absolute atomic E-state index is 12.5. The van der Waals surface area contributed by atoms with E-state index in [0.29, 0.717) is 23.5 Å². The van der Waals surface area contributed by atoms with Crippen molar-refractivity contribution in [3.63, 3.8) is 0 Å². The number of amides is 2. The molecule has 0 aliphatic rings. The number of methoxy groups -OCH3 is 2. The van der Waals surface area contributed by atoms with Crippen LogP contribution in [0.15, 0.2) is 18.2 Å². The Kier molecular flexibility index (Phi) is 9.27. The fourth-order valence-corrected chi connectivity index (χ4v) is 2.50. The number of hydrogen-bond acceptors (Lipinski definition) is 6. The average molecular weight is 394 g/mol. The molecule has 28 heavy (non-hydrogen) atoms. The number of nitrogens with one attached hydrogen (secondary N) is 2. The molecule has 156 valence electrons. The van der Waals surface area contributed by atoms with E-state index in [0.717, 1.165) is 0 Å². The molecule has 0 aliphatic carbocycles. The lowest BCUT2D eigenvalue weighted by molar-refractivity contribution is -0.143. The Balaban J connectivity index is 2.87. The van der Waals surface area contributed by atoms with E-state index in [2.05, 4.69) is 10.6 Å². The highest BCUT2D eigenvalue weighted by Gasteiger charge is 2.23. The number of carbonyl (C=O) groups is 3. The first-order valence-corrected chi connectivity index (χ1v) is 9.16. The standard InChI is InChI=1S/C20H30N2O6/c1-12(2)9-15(20(25)27-6)22-19(24)14-7-8-16(17(10-14)26-5)28-11-18(23)21-13(3)4/h7-8,10,12-13,15H,9,11H2,1-6H3,(H,21,23)(H,22,24). The van der Waals surface area contributed by atoms with Crippen LogP contribution >= 0.6 is 0 Å². The van der Waals surface area contributed by atoms with Crippen LogP contribution in [-0.2, 0) is 14.3 Å². The van der Waals surface area contributed by atoms with E-state index in [9.17, 15) is 14.4 Å². The second kappa shape index (κ2) is 11.2. The molecule has 2 N–H and O–H groups in total. The second-order valence-corrected chi connectivity index (χ2v) is 7.06. The fraction of sp³-hybridized carbons (Fsp3) is 0.550. The molecule has 1 rings (SSSR count). The van der Waals surface area contributed by atoms with Crippen molar-refractivity contribution < 1.29 is 28.6 Å². The summed E-state index contributed by atoms with van der Waals surface area (Å²) in [7, 11) is 2.72. The number of esters is 1. The fourth-order valence-electron chi connectivity index (χ4n) is 2.50. The first-order chi connectivity index (χ1) is 13.2. The molecule has 0 aromatic heterocycles. The molecule has 0 aliphatic heterocycles. The molecule has 1 aromatic rings. The Morgan fingerprint density at radius 1 is 1.00 bits per heavy atom. The highest BCUT2D eigenvalue weighted by Crippen LogP contribution is 2.28. The van der Waals surface area contributed by atoms with Crippen molar-refractivity contribution in [1.29, 1.82) is 0 Å². The molecule has 1 atom stereocenters. The van der Waals surface area contributed by atoms with Crippen LogP contribution < -0.4 is 20.1 Å². The largest absolute Gasteiger partial charge is 0.493 e. The molecule has 0 spiro atoms. The van der Waals surface area contributed by atoms with Crippen LogP contribution in [0.1, 0.15) is 44.5 Å². The van der Waals surface area contributed by atoms with Crippen LogP contribution in [0.3, 0.4) is 0 Å². The summed E-state index contributed by atoms with van der Waals surface area (Å²) in [5.41, 5.74) is 0.300. The molecular formula is C20H30N2O6. The quantitative estimate of drug-likeness (QED) is 0.588. The number of benzene rings is 1. The van der Waals surface area contributed by atoms with Crippen LogP contribution in [0.4, 0.5) is 0 Å². The van der Waals surface area contributed by atoms with Crippen molar-refractivity contribution in [2.75, 3.05) is 20.8 Å². The van der Waals surface area contributed by atoms with Crippen molar-refractivity contribution in [2.45, 2.75) is 46.2 Å². The van der Waals surface area contributed by atoms with Gasteiger partial charge in [-0.15, -0.1) is 0 Å². The Labute approximate surface area is 165 Å². The molecule has 0 saturated carbocycles. The summed E-state index contributed by atoms with van der Waals surface area (Å²) in [6, 6.07) is 3.86. The molecule has 0 fully saturated rings. The summed E-state index contributed by atoms with van der Waals surface area (Å²) in [4.78, 5) is 36.2. The summed E-state index contributed by atoms with van der Waals surface area (Å²) in [6.45, 7) is 7.44. The van der Waals surface area contributed by atoms with Gasteiger partial charge in [-0.05, 0) is 44.4 Å². The van der Waals surface area contributed by atoms with Gasteiger partial charge in [0.05, 0.1) is 14.2 Å².